The summed E-state index contributed by atoms with van der Waals surface area (Å²) in [7, 11) is 0. The van der Waals surface area contributed by atoms with Gasteiger partial charge in [0.15, 0.2) is 11.7 Å². The Balaban J connectivity index is 1.73. The quantitative estimate of drug-likeness (QED) is 0.805. The van der Waals surface area contributed by atoms with Gasteiger partial charge in [0.05, 0.1) is 29.3 Å². The number of carbonyl (C=O) groups excluding carboxylic acids is 2. The Morgan fingerprint density at radius 2 is 2.00 bits per heavy atom. The molecule has 0 aliphatic carbocycles. The van der Waals surface area contributed by atoms with Crippen molar-refractivity contribution in [3.05, 3.63) is 58.1 Å². The van der Waals surface area contributed by atoms with E-state index in [1.807, 2.05) is 24.3 Å². The molecule has 1 amide bonds. The molecule has 1 aliphatic heterocycles. The number of ketones is 1. The van der Waals surface area contributed by atoms with E-state index < -0.39 is 23.5 Å². The van der Waals surface area contributed by atoms with Crippen LogP contribution in [0.25, 0.3) is 0 Å². The predicted molar refractivity (Wildman–Crippen MR) is 98.3 cm³/mol. The van der Waals surface area contributed by atoms with Crippen molar-refractivity contribution in [2.75, 3.05) is 11.9 Å². The van der Waals surface area contributed by atoms with Gasteiger partial charge in [-0.3, -0.25) is 9.59 Å². The van der Waals surface area contributed by atoms with Crippen LogP contribution in [-0.2, 0) is 16.0 Å². The zero-order chi connectivity index (χ0) is 18.7. The summed E-state index contributed by atoms with van der Waals surface area (Å²) in [6.45, 7) is 0.142. The van der Waals surface area contributed by atoms with Gasteiger partial charge < -0.3 is 10.1 Å². The molecule has 2 unspecified atom stereocenters. The molecule has 0 spiro atoms. The van der Waals surface area contributed by atoms with Crippen LogP contribution in [0.2, 0.25) is 10.0 Å². The topological polar surface area (TPSA) is 79.2 Å². The lowest BCUT2D eigenvalue weighted by Crippen LogP contribution is -2.37. The first-order chi connectivity index (χ1) is 12.5. The standard InChI is InChI=1S/C19H14Cl2N2O3/c20-13-5-6-16(15(21)8-13)23-19(25)14(9-22)18(24)12-7-11-3-1-2-4-17(11)26-10-12/h1-6,8,12,14H,7,10H2,(H,23,25). The third-order valence-corrected chi connectivity index (χ3v) is 4.69. The van der Waals surface area contributed by atoms with E-state index in [2.05, 4.69) is 5.32 Å². The number of para-hydroxylation sites is 1. The highest BCUT2D eigenvalue weighted by Gasteiger charge is 2.35. The zero-order valence-electron chi connectivity index (χ0n) is 13.5. The van der Waals surface area contributed by atoms with Crippen LogP contribution in [0.1, 0.15) is 5.56 Å². The molecule has 0 fully saturated rings. The largest absolute Gasteiger partial charge is 0.493 e. The fourth-order valence-electron chi connectivity index (χ4n) is 2.79. The second-order valence-electron chi connectivity index (χ2n) is 5.90. The fraction of sp³-hybridized carbons (Fsp3) is 0.211. The lowest BCUT2D eigenvalue weighted by atomic mass is 9.87. The Hall–Kier alpha value is -2.55. The van der Waals surface area contributed by atoms with Gasteiger partial charge in [-0.15, -0.1) is 0 Å². The lowest BCUT2D eigenvalue weighted by Gasteiger charge is -2.25. The summed E-state index contributed by atoms with van der Waals surface area (Å²) in [6.07, 6.45) is 0.433. The minimum absolute atomic E-state index is 0.142. The molecule has 1 heterocycles. The summed E-state index contributed by atoms with van der Waals surface area (Å²) in [6, 6.07) is 13.7. The molecule has 132 valence electrons. The number of ether oxygens (including phenoxy) is 1. The molecule has 26 heavy (non-hydrogen) atoms. The minimum atomic E-state index is -1.44. The first-order valence-corrected chi connectivity index (χ1v) is 8.65. The SMILES string of the molecule is N#CC(C(=O)Nc1ccc(Cl)cc1Cl)C(=O)C1COc2ccccc2C1. The van der Waals surface area contributed by atoms with Gasteiger partial charge in [0.2, 0.25) is 5.91 Å². The van der Waals surface area contributed by atoms with Gasteiger partial charge in [0, 0.05) is 5.02 Å². The van der Waals surface area contributed by atoms with Crippen LogP contribution in [-0.4, -0.2) is 18.3 Å². The summed E-state index contributed by atoms with van der Waals surface area (Å²) in [5, 5.41) is 12.5. The number of carbonyl (C=O) groups is 2. The maximum atomic E-state index is 12.7. The summed E-state index contributed by atoms with van der Waals surface area (Å²) in [4.78, 5) is 25.1. The van der Waals surface area contributed by atoms with Crippen molar-refractivity contribution in [2.24, 2.45) is 11.8 Å². The number of nitriles is 1. The predicted octanol–water partition coefficient (Wildman–Crippen LogP) is 3.89. The zero-order valence-corrected chi connectivity index (χ0v) is 15.1. The average molecular weight is 389 g/mol. The molecule has 2 aromatic rings. The highest BCUT2D eigenvalue weighted by Crippen LogP contribution is 2.29. The maximum Gasteiger partial charge on any atom is 0.249 e. The van der Waals surface area contributed by atoms with Gasteiger partial charge >= 0.3 is 0 Å². The molecule has 2 aromatic carbocycles. The second-order valence-corrected chi connectivity index (χ2v) is 6.74. The number of rotatable bonds is 4. The first-order valence-electron chi connectivity index (χ1n) is 7.89. The van der Waals surface area contributed by atoms with Crippen molar-refractivity contribution in [1.82, 2.24) is 0 Å². The van der Waals surface area contributed by atoms with E-state index >= 15 is 0 Å². The average Bonchev–Trinajstić information content (AvgIpc) is 2.64. The smallest absolute Gasteiger partial charge is 0.249 e. The van der Waals surface area contributed by atoms with Gasteiger partial charge in [-0.25, -0.2) is 0 Å². The normalized spacial score (nSPS) is 16.6. The third-order valence-electron chi connectivity index (χ3n) is 4.15. The maximum absolute atomic E-state index is 12.7. The summed E-state index contributed by atoms with van der Waals surface area (Å²) >= 11 is 11.8. The molecule has 2 atom stereocenters. The lowest BCUT2D eigenvalue weighted by molar-refractivity contribution is -0.132. The van der Waals surface area contributed by atoms with E-state index in [0.29, 0.717) is 17.1 Å². The number of benzene rings is 2. The molecule has 7 heteroatoms. The summed E-state index contributed by atoms with van der Waals surface area (Å²) in [5.41, 5.74) is 1.18. The number of halogens is 2. The summed E-state index contributed by atoms with van der Waals surface area (Å²) < 4.78 is 5.58. The Kier molecular flexibility index (Phi) is 5.46. The number of nitrogens with zero attached hydrogens (tertiary/aromatic N) is 1. The molecule has 0 bridgehead atoms. The van der Waals surface area contributed by atoms with Crippen molar-refractivity contribution < 1.29 is 14.3 Å². The van der Waals surface area contributed by atoms with E-state index in [9.17, 15) is 14.9 Å². The van der Waals surface area contributed by atoms with E-state index in [4.69, 9.17) is 27.9 Å². The van der Waals surface area contributed by atoms with Crippen LogP contribution in [0.5, 0.6) is 5.75 Å². The van der Waals surface area contributed by atoms with Crippen molar-refractivity contribution in [3.8, 4) is 11.8 Å². The highest BCUT2D eigenvalue weighted by atomic mass is 35.5. The minimum Gasteiger partial charge on any atom is -0.493 e. The van der Waals surface area contributed by atoms with Gasteiger partial charge in [0.25, 0.3) is 0 Å². The molecule has 0 radical (unpaired) electrons. The molecule has 0 aromatic heterocycles. The number of fused-ring (bicyclic) bond motifs is 1. The molecule has 3 rings (SSSR count). The number of anilines is 1. The monoisotopic (exact) mass is 388 g/mol. The van der Waals surface area contributed by atoms with Crippen molar-refractivity contribution >= 4 is 40.6 Å². The Labute approximate surface area is 160 Å². The number of hydrogen-bond acceptors (Lipinski definition) is 4. The van der Waals surface area contributed by atoms with E-state index in [0.717, 1.165) is 11.3 Å². The van der Waals surface area contributed by atoms with Gasteiger partial charge in [0.1, 0.15) is 5.75 Å². The van der Waals surface area contributed by atoms with Crippen LogP contribution >= 0.6 is 23.2 Å². The van der Waals surface area contributed by atoms with Crippen molar-refractivity contribution in [3.63, 3.8) is 0 Å². The summed E-state index contributed by atoms with van der Waals surface area (Å²) in [5.74, 6) is -2.46. The molecule has 1 N–H and O–H groups in total. The second kappa shape index (κ2) is 7.77. The van der Waals surface area contributed by atoms with Crippen LogP contribution in [0, 0.1) is 23.2 Å². The highest BCUT2D eigenvalue weighted by molar-refractivity contribution is 6.36. The van der Waals surface area contributed by atoms with Gasteiger partial charge in [-0.05, 0) is 36.2 Å². The van der Waals surface area contributed by atoms with Crippen LogP contribution < -0.4 is 10.1 Å². The van der Waals surface area contributed by atoms with E-state index in [1.54, 1.807) is 12.1 Å². The van der Waals surface area contributed by atoms with Crippen LogP contribution in [0.3, 0.4) is 0 Å². The third kappa shape index (κ3) is 3.82. The number of Topliss-reactive ketones (excluding diaryl/α,β-unsaturated/α-hetero) is 1. The molecule has 0 saturated heterocycles. The van der Waals surface area contributed by atoms with Crippen molar-refractivity contribution in [2.45, 2.75) is 6.42 Å². The van der Waals surface area contributed by atoms with Crippen LogP contribution in [0.4, 0.5) is 5.69 Å². The fourth-order valence-corrected chi connectivity index (χ4v) is 3.25. The van der Waals surface area contributed by atoms with Gasteiger partial charge in [-0.1, -0.05) is 41.4 Å². The molecular formula is C19H14Cl2N2O3. The molecule has 1 aliphatic rings. The Bertz CT molecular complexity index is 908. The van der Waals surface area contributed by atoms with Gasteiger partial charge in [-0.2, -0.15) is 5.26 Å². The molecule has 0 saturated carbocycles. The number of hydrogen-bond donors (Lipinski definition) is 1. The number of nitrogens with one attached hydrogen (secondary N) is 1. The Morgan fingerprint density at radius 1 is 1.23 bits per heavy atom. The van der Waals surface area contributed by atoms with E-state index in [1.165, 1.54) is 12.1 Å². The van der Waals surface area contributed by atoms with Crippen LogP contribution in [0.15, 0.2) is 42.5 Å². The van der Waals surface area contributed by atoms with E-state index in [-0.39, 0.29) is 11.6 Å². The number of amides is 1. The Morgan fingerprint density at radius 3 is 2.73 bits per heavy atom. The molecule has 5 nitrogen and oxygen atoms in total. The molecular weight excluding hydrogens is 375 g/mol. The first kappa shape index (κ1) is 18.2. The van der Waals surface area contributed by atoms with Crippen molar-refractivity contribution in [1.29, 1.82) is 5.26 Å².